The van der Waals surface area contributed by atoms with Crippen molar-refractivity contribution in [2.24, 2.45) is 5.73 Å². The van der Waals surface area contributed by atoms with Crippen LogP contribution in [0.2, 0.25) is 0 Å². The lowest BCUT2D eigenvalue weighted by molar-refractivity contribution is 0.410. The molecule has 1 aromatic carbocycles. The van der Waals surface area contributed by atoms with Gasteiger partial charge in [-0.25, -0.2) is 0 Å². The van der Waals surface area contributed by atoms with Crippen molar-refractivity contribution in [2.75, 3.05) is 7.11 Å². The fourth-order valence-corrected chi connectivity index (χ4v) is 2.09. The molecular formula is C14H18N2O2. The molecule has 0 aliphatic carbocycles. The van der Waals surface area contributed by atoms with Gasteiger partial charge >= 0.3 is 0 Å². The van der Waals surface area contributed by atoms with E-state index in [1.807, 2.05) is 32.9 Å². The van der Waals surface area contributed by atoms with Crippen LogP contribution in [0, 0.1) is 20.8 Å². The van der Waals surface area contributed by atoms with E-state index >= 15 is 0 Å². The zero-order valence-electron chi connectivity index (χ0n) is 11.2. The second-order valence-corrected chi connectivity index (χ2v) is 4.42. The van der Waals surface area contributed by atoms with Gasteiger partial charge in [0.2, 0.25) is 0 Å². The highest BCUT2D eigenvalue weighted by Gasteiger charge is 2.16. The lowest BCUT2D eigenvalue weighted by Gasteiger charge is -2.10. The molecule has 1 aromatic heterocycles. The van der Waals surface area contributed by atoms with E-state index in [9.17, 15) is 0 Å². The molecule has 0 amide bonds. The lowest BCUT2D eigenvalue weighted by atomic mass is 9.99. The number of hydrogen-bond acceptors (Lipinski definition) is 4. The van der Waals surface area contributed by atoms with Crippen molar-refractivity contribution in [3.63, 3.8) is 0 Å². The molecule has 0 saturated heterocycles. The fourth-order valence-electron chi connectivity index (χ4n) is 2.09. The third-order valence-electron chi connectivity index (χ3n) is 3.18. The van der Waals surface area contributed by atoms with Gasteiger partial charge in [-0.05, 0) is 44.0 Å². The Hall–Kier alpha value is -1.81. The molecule has 0 atom stereocenters. The van der Waals surface area contributed by atoms with Gasteiger partial charge in [-0.2, -0.15) is 0 Å². The molecule has 2 N–H and O–H groups in total. The number of hydrogen-bond donors (Lipinski definition) is 1. The number of ether oxygens (including phenoxy) is 1. The van der Waals surface area contributed by atoms with Crippen molar-refractivity contribution in [1.29, 1.82) is 0 Å². The standard InChI is InChI=1S/C14H18N2O2/c1-8-6-13(17-4)9(2)5-11(8)14-12(7-15)10(3)16-18-14/h5-6H,7,15H2,1-4H3. The van der Waals surface area contributed by atoms with E-state index in [2.05, 4.69) is 5.16 Å². The van der Waals surface area contributed by atoms with Crippen LogP contribution in [0.25, 0.3) is 11.3 Å². The second kappa shape index (κ2) is 4.82. The molecule has 1 heterocycles. The molecule has 0 saturated carbocycles. The minimum Gasteiger partial charge on any atom is -0.496 e. The van der Waals surface area contributed by atoms with Gasteiger partial charge in [0.05, 0.1) is 12.8 Å². The Morgan fingerprint density at radius 1 is 1.22 bits per heavy atom. The molecule has 4 nitrogen and oxygen atoms in total. The number of nitrogens with two attached hydrogens (primary N) is 1. The van der Waals surface area contributed by atoms with Crippen LogP contribution in [0.1, 0.15) is 22.4 Å². The molecule has 0 aliphatic heterocycles. The van der Waals surface area contributed by atoms with Gasteiger partial charge in [0, 0.05) is 17.7 Å². The number of rotatable bonds is 3. The van der Waals surface area contributed by atoms with Gasteiger partial charge in [0.1, 0.15) is 5.75 Å². The summed E-state index contributed by atoms with van der Waals surface area (Å²) in [6, 6.07) is 4.05. The van der Waals surface area contributed by atoms with Gasteiger partial charge in [0.25, 0.3) is 0 Å². The number of methoxy groups -OCH3 is 1. The maximum absolute atomic E-state index is 5.75. The minimum absolute atomic E-state index is 0.426. The summed E-state index contributed by atoms with van der Waals surface area (Å²) < 4.78 is 10.7. The van der Waals surface area contributed by atoms with E-state index in [1.165, 1.54) is 0 Å². The van der Waals surface area contributed by atoms with Crippen molar-refractivity contribution in [2.45, 2.75) is 27.3 Å². The summed E-state index contributed by atoms with van der Waals surface area (Å²) in [7, 11) is 1.67. The van der Waals surface area contributed by atoms with Crippen molar-refractivity contribution in [3.05, 3.63) is 34.5 Å². The third-order valence-corrected chi connectivity index (χ3v) is 3.18. The summed E-state index contributed by atoms with van der Waals surface area (Å²) in [5, 5.41) is 3.99. The Morgan fingerprint density at radius 3 is 2.56 bits per heavy atom. The topological polar surface area (TPSA) is 61.3 Å². The van der Waals surface area contributed by atoms with Crippen molar-refractivity contribution < 1.29 is 9.26 Å². The molecule has 2 aromatic rings. The molecule has 0 unspecified atom stereocenters. The smallest absolute Gasteiger partial charge is 0.171 e. The first kappa shape index (κ1) is 12.6. The second-order valence-electron chi connectivity index (χ2n) is 4.42. The fraction of sp³-hybridized carbons (Fsp3) is 0.357. The first-order valence-electron chi connectivity index (χ1n) is 5.89. The number of aryl methyl sites for hydroxylation is 3. The Kier molecular flexibility index (Phi) is 3.39. The molecule has 0 spiro atoms. The summed E-state index contributed by atoms with van der Waals surface area (Å²) in [6.45, 7) is 6.36. The molecule has 0 fully saturated rings. The first-order chi connectivity index (χ1) is 8.58. The maximum atomic E-state index is 5.75. The third kappa shape index (κ3) is 1.99. The highest BCUT2D eigenvalue weighted by atomic mass is 16.5. The zero-order chi connectivity index (χ0) is 13.3. The summed E-state index contributed by atoms with van der Waals surface area (Å²) in [5.41, 5.74) is 10.7. The number of benzene rings is 1. The SMILES string of the molecule is COc1cc(C)c(-c2onc(C)c2CN)cc1C. The van der Waals surface area contributed by atoms with Crippen molar-refractivity contribution in [1.82, 2.24) is 5.16 Å². The number of aromatic nitrogens is 1. The highest BCUT2D eigenvalue weighted by molar-refractivity contribution is 5.68. The van der Waals surface area contributed by atoms with E-state index in [0.717, 1.165) is 39.5 Å². The van der Waals surface area contributed by atoms with E-state index < -0.39 is 0 Å². The molecule has 2 rings (SSSR count). The summed E-state index contributed by atoms with van der Waals surface area (Å²) in [6.07, 6.45) is 0. The van der Waals surface area contributed by atoms with Crippen LogP contribution >= 0.6 is 0 Å². The first-order valence-corrected chi connectivity index (χ1v) is 5.89. The molecule has 0 aliphatic rings. The van der Waals surface area contributed by atoms with E-state index in [1.54, 1.807) is 7.11 Å². The van der Waals surface area contributed by atoms with Gasteiger partial charge in [-0.3, -0.25) is 0 Å². The minimum atomic E-state index is 0.426. The average molecular weight is 246 g/mol. The molecular weight excluding hydrogens is 228 g/mol. The van der Waals surface area contributed by atoms with Crippen LogP contribution in [0.5, 0.6) is 5.75 Å². The summed E-state index contributed by atoms with van der Waals surface area (Å²) in [5.74, 6) is 1.64. The predicted octanol–water partition coefficient (Wildman–Crippen LogP) is 2.73. The number of nitrogens with zero attached hydrogens (tertiary/aromatic N) is 1. The van der Waals surface area contributed by atoms with Crippen LogP contribution in [-0.2, 0) is 6.54 Å². The largest absolute Gasteiger partial charge is 0.496 e. The molecule has 4 heteroatoms. The highest BCUT2D eigenvalue weighted by Crippen LogP contribution is 2.32. The van der Waals surface area contributed by atoms with E-state index in [0.29, 0.717) is 6.54 Å². The molecule has 0 radical (unpaired) electrons. The van der Waals surface area contributed by atoms with Gasteiger partial charge in [-0.1, -0.05) is 5.16 Å². The van der Waals surface area contributed by atoms with Crippen LogP contribution < -0.4 is 10.5 Å². The quantitative estimate of drug-likeness (QED) is 0.904. The zero-order valence-corrected chi connectivity index (χ0v) is 11.2. The van der Waals surface area contributed by atoms with Gasteiger partial charge in [-0.15, -0.1) is 0 Å². The average Bonchev–Trinajstić information content (AvgIpc) is 2.72. The Morgan fingerprint density at radius 2 is 1.94 bits per heavy atom. The lowest BCUT2D eigenvalue weighted by Crippen LogP contribution is -1.99. The Balaban J connectivity index is 2.60. The van der Waals surface area contributed by atoms with Crippen LogP contribution in [0.4, 0.5) is 0 Å². The van der Waals surface area contributed by atoms with Gasteiger partial charge < -0.3 is 15.0 Å². The molecule has 18 heavy (non-hydrogen) atoms. The Bertz CT molecular complexity index is 573. The van der Waals surface area contributed by atoms with Gasteiger partial charge in [0.15, 0.2) is 5.76 Å². The van der Waals surface area contributed by atoms with Crippen molar-refractivity contribution >= 4 is 0 Å². The monoisotopic (exact) mass is 246 g/mol. The normalized spacial score (nSPS) is 10.7. The van der Waals surface area contributed by atoms with Crippen LogP contribution in [-0.4, -0.2) is 12.3 Å². The predicted molar refractivity (Wildman–Crippen MR) is 70.6 cm³/mol. The van der Waals surface area contributed by atoms with Crippen LogP contribution in [0.3, 0.4) is 0 Å². The summed E-state index contributed by atoms with van der Waals surface area (Å²) >= 11 is 0. The van der Waals surface area contributed by atoms with Crippen LogP contribution in [0.15, 0.2) is 16.7 Å². The molecule has 0 bridgehead atoms. The van der Waals surface area contributed by atoms with Crippen molar-refractivity contribution in [3.8, 4) is 17.1 Å². The Labute approximate surface area is 107 Å². The van der Waals surface area contributed by atoms with E-state index in [-0.39, 0.29) is 0 Å². The molecule has 96 valence electrons. The van der Waals surface area contributed by atoms with E-state index in [4.69, 9.17) is 15.0 Å². The summed E-state index contributed by atoms with van der Waals surface area (Å²) in [4.78, 5) is 0. The maximum Gasteiger partial charge on any atom is 0.171 e.